The van der Waals surface area contributed by atoms with E-state index in [0.717, 1.165) is 29.2 Å². The molecule has 0 bridgehead atoms. The number of aromatic nitrogens is 2. The molecular weight excluding hydrogens is 340 g/mol. The van der Waals surface area contributed by atoms with E-state index in [-0.39, 0.29) is 0 Å². The lowest BCUT2D eigenvalue weighted by Crippen LogP contribution is -2.16. The number of hydrogen-bond acceptors (Lipinski definition) is 5. The molecule has 134 valence electrons. The molecule has 0 radical (unpaired) electrons. The normalized spacial score (nSPS) is 11.8. The Kier molecular flexibility index (Phi) is 6.12. The third kappa shape index (κ3) is 4.55. The molecule has 2 aromatic carbocycles. The van der Waals surface area contributed by atoms with Crippen LogP contribution < -0.4 is 10.6 Å². The highest BCUT2D eigenvalue weighted by Crippen LogP contribution is 2.29. The number of para-hydroxylation sites is 1. The van der Waals surface area contributed by atoms with Gasteiger partial charge < -0.3 is 10.6 Å². The standard InChI is InChI=1S/C21H24N4S/c1-4-15(2)22-21-24-18(16-10-6-5-7-11-16)14-20(25-21)23-17-12-8-9-13-19(17)26-3/h5-15H,4H2,1-3H3,(H2,22,23,24,25)/t15-/m1/s1. The molecule has 0 spiro atoms. The first-order valence-corrected chi connectivity index (χ1v) is 10.0. The van der Waals surface area contributed by atoms with Crippen molar-refractivity contribution in [1.82, 2.24) is 9.97 Å². The monoisotopic (exact) mass is 364 g/mol. The number of nitrogens with zero attached hydrogens (tertiary/aromatic N) is 2. The Bertz CT molecular complexity index is 852. The Morgan fingerprint density at radius 3 is 2.46 bits per heavy atom. The molecule has 0 aliphatic heterocycles. The zero-order valence-corrected chi connectivity index (χ0v) is 16.2. The van der Waals surface area contributed by atoms with E-state index in [1.54, 1.807) is 11.8 Å². The molecule has 1 aromatic heterocycles. The van der Waals surface area contributed by atoms with Crippen molar-refractivity contribution in [3.63, 3.8) is 0 Å². The van der Waals surface area contributed by atoms with Crippen LogP contribution in [-0.4, -0.2) is 22.3 Å². The number of thioether (sulfide) groups is 1. The van der Waals surface area contributed by atoms with Crippen molar-refractivity contribution in [3.05, 3.63) is 60.7 Å². The molecule has 1 heterocycles. The molecule has 3 aromatic rings. The van der Waals surface area contributed by atoms with Gasteiger partial charge in [-0.25, -0.2) is 4.98 Å². The molecule has 0 aliphatic carbocycles. The van der Waals surface area contributed by atoms with Crippen LogP contribution in [0.25, 0.3) is 11.3 Å². The van der Waals surface area contributed by atoms with Crippen molar-refractivity contribution in [1.29, 1.82) is 0 Å². The van der Waals surface area contributed by atoms with Gasteiger partial charge in [0, 0.05) is 22.6 Å². The molecule has 26 heavy (non-hydrogen) atoms. The zero-order chi connectivity index (χ0) is 18.4. The lowest BCUT2D eigenvalue weighted by atomic mass is 10.1. The van der Waals surface area contributed by atoms with Gasteiger partial charge in [0.15, 0.2) is 0 Å². The SMILES string of the molecule is CC[C@@H](C)Nc1nc(Nc2ccccc2SC)cc(-c2ccccc2)n1. The number of rotatable bonds is 7. The van der Waals surface area contributed by atoms with E-state index in [0.29, 0.717) is 12.0 Å². The Labute approximate surface area is 159 Å². The molecule has 0 aliphatic rings. The van der Waals surface area contributed by atoms with Crippen LogP contribution >= 0.6 is 11.8 Å². The van der Waals surface area contributed by atoms with Crippen LogP contribution in [0.4, 0.5) is 17.5 Å². The fourth-order valence-electron chi connectivity index (χ4n) is 2.54. The summed E-state index contributed by atoms with van der Waals surface area (Å²) >= 11 is 1.71. The minimum absolute atomic E-state index is 0.312. The Balaban J connectivity index is 1.99. The highest BCUT2D eigenvalue weighted by molar-refractivity contribution is 7.98. The summed E-state index contributed by atoms with van der Waals surface area (Å²) in [4.78, 5) is 10.6. The van der Waals surface area contributed by atoms with Gasteiger partial charge in [0.05, 0.1) is 11.4 Å². The lowest BCUT2D eigenvalue weighted by molar-refractivity contribution is 0.753. The van der Waals surface area contributed by atoms with E-state index >= 15 is 0 Å². The molecule has 0 unspecified atom stereocenters. The average Bonchev–Trinajstić information content (AvgIpc) is 2.69. The van der Waals surface area contributed by atoms with E-state index < -0.39 is 0 Å². The first kappa shape index (κ1) is 18.3. The molecular formula is C21H24N4S. The minimum atomic E-state index is 0.312. The molecule has 2 N–H and O–H groups in total. The van der Waals surface area contributed by atoms with E-state index in [2.05, 4.69) is 60.0 Å². The van der Waals surface area contributed by atoms with Gasteiger partial charge in [0.1, 0.15) is 5.82 Å². The predicted octanol–water partition coefficient (Wildman–Crippen LogP) is 5.82. The number of anilines is 3. The Hall–Kier alpha value is -2.53. The lowest BCUT2D eigenvalue weighted by Gasteiger charge is -2.15. The Morgan fingerprint density at radius 2 is 1.73 bits per heavy atom. The van der Waals surface area contributed by atoms with Crippen molar-refractivity contribution in [3.8, 4) is 11.3 Å². The van der Waals surface area contributed by atoms with Crippen molar-refractivity contribution < 1.29 is 0 Å². The van der Waals surface area contributed by atoms with Gasteiger partial charge in [0.2, 0.25) is 5.95 Å². The van der Waals surface area contributed by atoms with Gasteiger partial charge in [-0.15, -0.1) is 11.8 Å². The molecule has 4 nitrogen and oxygen atoms in total. The van der Waals surface area contributed by atoms with Crippen molar-refractivity contribution in [2.24, 2.45) is 0 Å². The number of hydrogen-bond donors (Lipinski definition) is 2. The number of nitrogens with one attached hydrogen (secondary N) is 2. The summed E-state index contributed by atoms with van der Waals surface area (Å²) in [5.41, 5.74) is 3.02. The van der Waals surface area contributed by atoms with Gasteiger partial charge in [-0.3, -0.25) is 0 Å². The predicted molar refractivity (Wildman–Crippen MR) is 112 cm³/mol. The van der Waals surface area contributed by atoms with Crippen molar-refractivity contribution in [2.75, 3.05) is 16.9 Å². The minimum Gasteiger partial charge on any atom is -0.352 e. The molecule has 0 saturated heterocycles. The fourth-order valence-corrected chi connectivity index (χ4v) is 3.09. The van der Waals surface area contributed by atoms with Crippen LogP contribution in [0, 0.1) is 0 Å². The third-order valence-corrected chi connectivity index (χ3v) is 4.95. The van der Waals surface area contributed by atoms with Gasteiger partial charge in [-0.05, 0) is 31.7 Å². The van der Waals surface area contributed by atoms with E-state index in [1.165, 1.54) is 4.90 Å². The average molecular weight is 365 g/mol. The topological polar surface area (TPSA) is 49.8 Å². The first-order valence-electron chi connectivity index (χ1n) is 8.80. The summed E-state index contributed by atoms with van der Waals surface area (Å²) in [6, 6.07) is 20.7. The van der Waals surface area contributed by atoms with Crippen molar-refractivity contribution >= 4 is 29.2 Å². The summed E-state index contributed by atoms with van der Waals surface area (Å²) in [6.07, 6.45) is 3.09. The molecule has 1 atom stereocenters. The third-order valence-electron chi connectivity index (χ3n) is 4.15. The fraction of sp³-hybridized carbons (Fsp3) is 0.238. The van der Waals surface area contributed by atoms with Gasteiger partial charge in [-0.1, -0.05) is 49.4 Å². The second-order valence-electron chi connectivity index (χ2n) is 6.11. The van der Waals surface area contributed by atoms with E-state index in [9.17, 15) is 0 Å². The summed E-state index contributed by atoms with van der Waals surface area (Å²) in [6.45, 7) is 4.28. The van der Waals surface area contributed by atoms with E-state index in [1.807, 2.05) is 36.4 Å². The maximum absolute atomic E-state index is 4.71. The van der Waals surface area contributed by atoms with E-state index in [4.69, 9.17) is 4.98 Å². The van der Waals surface area contributed by atoms with Crippen LogP contribution in [0.3, 0.4) is 0 Å². The smallest absolute Gasteiger partial charge is 0.225 e. The summed E-state index contributed by atoms with van der Waals surface area (Å²) in [5.74, 6) is 1.43. The largest absolute Gasteiger partial charge is 0.352 e. The van der Waals surface area contributed by atoms with Gasteiger partial charge in [0.25, 0.3) is 0 Å². The number of benzene rings is 2. The quantitative estimate of drug-likeness (QED) is 0.517. The summed E-state index contributed by atoms with van der Waals surface area (Å²) in [5, 5.41) is 6.84. The molecule has 0 fully saturated rings. The Morgan fingerprint density at radius 1 is 1.00 bits per heavy atom. The molecule has 0 amide bonds. The maximum atomic E-state index is 4.71. The first-order chi connectivity index (χ1) is 12.7. The second kappa shape index (κ2) is 8.72. The van der Waals surface area contributed by atoms with Crippen LogP contribution in [0.15, 0.2) is 65.6 Å². The molecule has 5 heteroatoms. The summed E-state index contributed by atoms with van der Waals surface area (Å²) < 4.78 is 0. The summed E-state index contributed by atoms with van der Waals surface area (Å²) in [7, 11) is 0. The highest BCUT2D eigenvalue weighted by atomic mass is 32.2. The molecule has 3 rings (SSSR count). The van der Waals surface area contributed by atoms with Crippen LogP contribution in [0.2, 0.25) is 0 Å². The van der Waals surface area contributed by atoms with Crippen molar-refractivity contribution in [2.45, 2.75) is 31.2 Å². The van der Waals surface area contributed by atoms with Gasteiger partial charge in [-0.2, -0.15) is 4.98 Å². The van der Waals surface area contributed by atoms with Crippen LogP contribution in [0.1, 0.15) is 20.3 Å². The van der Waals surface area contributed by atoms with Crippen LogP contribution in [-0.2, 0) is 0 Å². The van der Waals surface area contributed by atoms with Crippen LogP contribution in [0.5, 0.6) is 0 Å². The maximum Gasteiger partial charge on any atom is 0.225 e. The zero-order valence-electron chi connectivity index (χ0n) is 15.4. The molecule has 0 saturated carbocycles. The van der Waals surface area contributed by atoms with Gasteiger partial charge >= 0.3 is 0 Å². The highest BCUT2D eigenvalue weighted by Gasteiger charge is 2.10. The second-order valence-corrected chi connectivity index (χ2v) is 6.96.